The van der Waals surface area contributed by atoms with Crippen LogP contribution in [0.3, 0.4) is 0 Å². The van der Waals surface area contributed by atoms with Gasteiger partial charge in [-0.15, -0.1) is 0 Å². The molecule has 1 atom stereocenters. The number of rotatable bonds is 3. The van der Waals surface area contributed by atoms with Crippen LogP contribution in [0.25, 0.3) is 0 Å². The first-order valence-corrected chi connectivity index (χ1v) is 6.72. The number of aryl methyl sites for hydroxylation is 1. The first-order valence-electron chi connectivity index (χ1n) is 6.72. The number of hydrogen-bond acceptors (Lipinski definition) is 5. The lowest BCUT2D eigenvalue weighted by molar-refractivity contribution is 0.318. The number of oxime groups is 1. The Morgan fingerprint density at radius 2 is 2.37 bits per heavy atom. The fourth-order valence-corrected chi connectivity index (χ4v) is 2.46. The third kappa shape index (κ3) is 3.13. The maximum atomic E-state index is 8.75. The number of anilines is 1. The summed E-state index contributed by atoms with van der Waals surface area (Å²) in [6, 6.07) is 1.72. The van der Waals surface area contributed by atoms with Crippen LogP contribution in [0.5, 0.6) is 0 Å². The van der Waals surface area contributed by atoms with Gasteiger partial charge in [-0.1, -0.05) is 18.5 Å². The Bertz CT molecular complexity index is 474. The fraction of sp³-hybridized carbons (Fsp3) is 0.615. The molecule has 6 heteroatoms. The summed E-state index contributed by atoms with van der Waals surface area (Å²) >= 11 is 0. The van der Waals surface area contributed by atoms with E-state index in [9.17, 15) is 0 Å². The molecule has 1 aliphatic heterocycles. The Hall–Kier alpha value is -1.85. The lowest BCUT2D eigenvalue weighted by Gasteiger charge is -2.32. The van der Waals surface area contributed by atoms with E-state index in [1.165, 1.54) is 12.8 Å². The van der Waals surface area contributed by atoms with Crippen LogP contribution < -0.4 is 10.6 Å². The molecular formula is C13H21N5O. The molecule has 104 valence electrons. The number of hydrogen-bond donors (Lipinski definition) is 2. The number of piperidine rings is 1. The first-order chi connectivity index (χ1) is 9.13. The van der Waals surface area contributed by atoms with Crippen molar-refractivity contribution in [3.63, 3.8) is 0 Å². The molecule has 2 heterocycles. The zero-order valence-corrected chi connectivity index (χ0v) is 11.5. The second-order valence-electron chi connectivity index (χ2n) is 5.04. The average Bonchev–Trinajstić information content (AvgIpc) is 2.45. The molecule has 6 nitrogen and oxygen atoms in total. The minimum atomic E-state index is 0.0239. The predicted molar refractivity (Wildman–Crippen MR) is 74.5 cm³/mol. The van der Waals surface area contributed by atoms with Crippen LogP contribution in [0.2, 0.25) is 0 Å². The van der Waals surface area contributed by atoms with E-state index in [0.29, 0.717) is 17.6 Å². The molecule has 0 saturated carbocycles. The van der Waals surface area contributed by atoms with Crippen molar-refractivity contribution in [1.82, 2.24) is 9.97 Å². The SMILES string of the molecule is CCC1CCCN(c2nc(C)cc(/C(N)=N/O)n2)C1. The smallest absolute Gasteiger partial charge is 0.226 e. The highest BCUT2D eigenvalue weighted by molar-refractivity contribution is 5.95. The number of nitrogens with zero attached hydrogens (tertiary/aromatic N) is 4. The van der Waals surface area contributed by atoms with Crippen molar-refractivity contribution in [1.29, 1.82) is 0 Å². The molecule has 1 aromatic heterocycles. The molecule has 1 saturated heterocycles. The monoisotopic (exact) mass is 263 g/mol. The van der Waals surface area contributed by atoms with Gasteiger partial charge in [0.05, 0.1) is 0 Å². The highest BCUT2D eigenvalue weighted by Gasteiger charge is 2.21. The predicted octanol–water partition coefficient (Wildman–Crippen LogP) is 1.51. The van der Waals surface area contributed by atoms with Crippen LogP contribution in [0.4, 0.5) is 5.95 Å². The van der Waals surface area contributed by atoms with Gasteiger partial charge >= 0.3 is 0 Å². The Morgan fingerprint density at radius 3 is 3.05 bits per heavy atom. The summed E-state index contributed by atoms with van der Waals surface area (Å²) in [6.45, 7) is 6.05. The van der Waals surface area contributed by atoms with Gasteiger partial charge in [0, 0.05) is 18.8 Å². The summed E-state index contributed by atoms with van der Waals surface area (Å²) in [5.74, 6) is 1.40. The number of amidine groups is 1. The van der Waals surface area contributed by atoms with E-state index in [-0.39, 0.29) is 5.84 Å². The van der Waals surface area contributed by atoms with Gasteiger partial charge in [0.1, 0.15) is 5.69 Å². The average molecular weight is 263 g/mol. The van der Waals surface area contributed by atoms with E-state index in [1.54, 1.807) is 6.07 Å². The molecule has 3 N–H and O–H groups in total. The highest BCUT2D eigenvalue weighted by Crippen LogP contribution is 2.22. The first kappa shape index (κ1) is 13.6. The van der Waals surface area contributed by atoms with Crippen LogP contribution in [-0.2, 0) is 0 Å². The van der Waals surface area contributed by atoms with E-state index >= 15 is 0 Å². The van der Waals surface area contributed by atoms with Crippen molar-refractivity contribution in [2.75, 3.05) is 18.0 Å². The Morgan fingerprint density at radius 1 is 1.58 bits per heavy atom. The molecule has 19 heavy (non-hydrogen) atoms. The standard InChI is InChI=1S/C13H21N5O/c1-3-10-5-4-6-18(8-10)13-15-9(2)7-11(16-13)12(14)17-19/h7,10,19H,3-6,8H2,1-2H3,(H2,14,17). The van der Waals surface area contributed by atoms with Crippen molar-refractivity contribution < 1.29 is 5.21 Å². The Kier molecular flexibility index (Phi) is 4.19. The van der Waals surface area contributed by atoms with Crippen LogP contribution in [0, 0.1) is 12.8 Å². The normalized spacial score (nSPS) is 20.6. The third-order valence-electron chi connectivity index (χ3n) is 3.59. The zero-order valence-electron chi connectivity index (χ0n) is 11.5. The van der Waals surface area contributed by atoms with Crippen molar-refractivity contribution in [3.05, 3.63) is 17.5 Å². The molecule has 1 aromatic rings. The summed E-state index contributed by atoms with van der Waals surface area (Å²) in [7, 11) is 0. The van der Waals surface area contributed by atoms with Gasteiger partial charge in [0.25, 0.3) is 0 Å². The van der Waals surface area contributed by atoms with Crippen LogP contribution in [0.15, 0.2) is 11.2 Å². The molecule has 0 aromatic carbocycles. The molecule has 0 amide bonds. The topological polar surface area (TPSA) is 87.6 Å². The Balaban J connectivity index is 2.26. The van der Waals surface area contributed by atoms with Gasteiger partial charge in [0.2, 0.25) is 5.95 Å². The summed E-state index contributed by atoms with van der Waals surface area (Å²) in [4.78, 5) is 11.1. The second-order valence-corrected chi connectivity index (χ2v) is 5.04. The van der Waals surface area contributed by atoms with Crippen LogP contribution >= 0.6 is 0 Å². The quantitative estimate of drug-likeness (QED) is 0.373. The van der Waals surface area contributed by atoms with Crippen LogP contribution in [-0.4, -0.2) is 34.1 Å². The van der Waals surface area contributed by atoms with E-state index in [1.807, 2.05) is 6.92 Å². The second kappa shape index (κ2) is 5.86. The van der Waals surface area contributed by atoms with Crippen molar-refractivity contribution >= 4 is 11.8 Å². The maximum absolute atomic E-state index is 8.75. The number of aromatic nitrogens is 2. The van der Waals surface area contributed by atoms with Gasteiger partial charge in [0.15, 0.2) is 5.84 Å². The maximum Gasteiger partial charge on any atom is 0.226 e. The summed E-state index contributed by atoms with van der Waals surface area (Å²) < 4.78 is 0. The minimum Gasteiger partial charge on any atom is -0.409 e. The molecule has 2 rings (SSSR count). The largest absolute Gasteiger partial charge is 0.409 e. The zero-order chi connectivity index (χ0) is 13.8. The molecule has 0 bridgehead atoms. The molecule has 0 radical (unpaired) electrons. The van der Waals surface area contributed by atoms with Gasteiger partial charge < -0.3 is 15.8 Å². The van der Waals surface area contributed by atoms with Crippen molar-refractivity contribution in [2.45, 2.75) is 33.1 Å². The number of nitrogens with two attached hydrogens (primary N) is 1. The fourth-order valence-electron chi connectivity index (χ4n) is 2.46. The summed E-state index contributed by atoms with van der Waals surface area (Å²) in [6.07, 6.45) is 3.61. The van der Waals surface area contributed by atoms with Crippen LogP contribution in [0.1, 0.15) is 37.6 Å². The lowest BCUT2D eigenvalue weighted by Crippen LogP contribution is -2.36. The molecule has 1 fully saturated rings. The Labute approximate surface area is 113 Å². The third-order valence-corrected chi connectivity index (χ3v) is 3.59. The molecule has 0 aliphatic carbocycles. The summed E-state index contributed by atoms with van der Waals surface area (Å²) in [5.41, 5.74) is 6.91. The molecular weight excluding hydrogens is 242 g/mol. The van der Waals surface area contributed by atoms with Gasteiger partial charge in [-0.05, 0) is 31.7 Å². The summed E-state index contributed by atoms with van der Waals surface area (Å²) in [5, 5.41) is 11.8. The molecule has 1 unspecified atom stereocenters. The van der Waals surface area contributed by atoms with Gasteiger partial charge in [-0.25, -0.2) is 9.97 Å². The van der Waals surface area contributed by atoms with E-state index in [4.69, 9.17) is 10.9 Å². The van der Waals surface area contributed by atoms with E-state index in [2.05, 4.69) is 26.9 Å². The highest BCUT2D eigenvalue weighted by atomic mass is 16.4. The lowest BCUT2D eigenvalue weighted by atomic mass is 9.96. The van der Waals surface area contributed by atoms with Gasteiger partial charge in [-0.2, -0.15) is 0 Å². The van der Waals surface area contributed by atoms with E-state index < -0.39 is 0 Å². The molecule has 1 aliphatic rings. The van der Waals surface area contributed by atoms with Crippen molar-refractivity contribution in [3.8, 4) is 0 Å². The van der Waals surface area contributed by atoms with Crippen molar-refractivity contribution in [2.24, 2.45) is 16.8 Å². The molecule has 0 spiro atoms. The van der Waals surface area contributed by atoms with Gasteiger partial charge in [-0.3, -0.25) is 0 Å². The van der Waals surface area contributed by atoms with E-state index in [0.717, 1.165) is 25.2 Å². The minimum absolute atomic E-state index is 0.0239.